The van der Waals surface area contributed by atoms with Crippen LogP contribution >= 0.6 is 0 Å². The van der Waals surface area contributed by atoms with Crippen LogP contribution in [0.15, 0.2) is 0 Å². The Morgan fingerprint density at radius 1 is 1.33 bits per heavy atom. The van der Waals surface area contributed by atoms with E-state index in [9.17, 15) is 9.90 Å². The van der Waals surface area contributed by atoms with Crippen LogP contribution in [0, 0.1) is 5.92 Å². The largest absolute Gasteiger partial charge is 0.480 e. The molecule has 2 N–H and O–H groups in total. The number of nitrogens with zero attached hydrogens (tertiary/aromatic N) is 1. The van der Waals surface area contributed by atoms with Crippen LogP contribution < -0.4 is 5.32 Å². The quantitative estimate of drug-likeness (QED) is 0.657. The summed E-state index contributed by atoms with van der Waals surface area (Å²) in [6.07, 6.45) is 5.49. The zero-order chi connectivity index (χ0) is 13.2. The van der Waals surface area contributed by atoms with E-state index in [1.54, 1.807) is 0 Å². The fraction of sp³-hybridized carbons (Fsp3) is 0.929. The van der Waals surface area contributed by atoms with Crippen molar-refractivity contribution < 1.29 is 9.90 Å². The molecule has 0 amide bonds. The Balaban J connectivity index is 2.08. The Bertz CT molecular complexity index is 300. The number of carboxylic acids is 1. The Morgan fingerprint density at radius 3 is 2.39 bits per heavy atom. The molecule has 2 aliphatic carbocycles. The summed E-state index contributed by atoms with van der Waals surface area (Å²) in [6.45, 7) is 6.85. The zero-order valence-electron chi connectivity index (χ0n) is 11.6. The Kier molecular flexibility index (Phi) is 4.28. The van der Waals surface area contributed by atoms with Gasteiger partial charge in [-0.15, -0.1) is 0 Å². The van der Waals surface area contributed by atoms with Gasteiger partial charge in [-0.25, -0.2) is 0 Å². The van der Waals surface area contributed by atoms with Crippen molar-refractivity contribution in [3.8, 4) is 0 Å². The molecule has 0 saturated heterocycles. The van der Waals surface area contributed by atoms with Crippen molar-refractivity contribution >= 4 is 5.97 Å². The van der Waals surface area contributed by atoms with Crippen molar-refractivity contribution in [3.05, 3.63) is 0 Å². The van der Waals surface area contributed by atoms with Crippen molar-refractivity contribution in [1.82, 2.24) is 10.2 Å². The predicted molar refractivity (Wildman–Crippen MR) is 71.7 cm³/mol. The normalized spacial score (nSPS) is 23.1. The van der Waals surface area contributed by atoms with Crippen molar-refractivity contribution in [2.45, 2.75) is 57.5 Å². The number of likely N-dealkylation sites (N-methyl/N-ethyl adjacent to an activating group) is 1. The maximum Gasteiger partial charge on any atom is 0.325 e. The highest BCUT2D eigenvalue weighted by Gasteiger charge is 2.53. The van der Waals surface area contributed by atoms with Crippen molar-refractivity contribution in [2.75, 3.05) is 19.6 Å². The van der Waals surface area contributed by atoms with Gasteiger partial charge in [-0.2, -0.15) is 0 Å². The molecule has 0 heterocycles. The van der Waals surface area contributed by atoms with Gasteiger partial charge < -0.3 is 10.0 Å². The highest BCUT2D eigenvalue weighted by atomic mass is 16.4. The molecule has 1 unspecified atom stereocenters. The minimum atomic E-state index is -0.688. The maximum absolute atomic E-state index is 11.8. The molecular weight excluding hydrogens is 228 g/mol. The minimum absolute atomic E-state index is 0.335. The van der Waals surface area contributed by atoms with Crippen LogP contribution in [0.3, 0.4) is 0 Å². The molecule has 104 valence electrons. The molecule has 4 nitrogen and oxygen atoms in total. The third-order valence-electron chi connectivity index (χ3n) is 4.16. The third kappa shape index (κ3) is 3.04. The van der Waals surface area contributed by atoms with Gasteiger partial charge in [0.25, 0.3) is 0 Å². The second-order valence-corrected chi connectivity index (χ2v) is 5.84. The van der Waals surface area contributed by atoms with E-state index < -0.39 is 11.5 Å². The summed E-state index contributed by atoms with van der Waals surface area (Å²) in [7, 11) is 0. The first kappa shape index (κ1) is 13.8. The highest BCUT2D eigenvalue weighted by Crippen LogP contribution is 2.42. The number of aliphatic carboxylic acids is 1. The van der Waals surface area contributed by atoms with E-state index >= 15 is 0 Å². The van der Waals surface area contributed by atoms with E-state index in [0.717, 1.165) is 45.2 Å². The summed E-state index contributed by atoms with van der Waals surface area (Å²) < 4.78 is 0. The molecule has 4 heteroatoms. The van der Waals surface area contributed by atoms with E-state index in [0.29, 0.717) is 18.5 Å². The smallest absolute Gasteiger partial charge is 0.325 e. The SMILES string of the molecule is CCCN(CC)CC(NC1CC1)(C(=O)O)C1CC1. The van der Waals surface area contributed by atoms with Gasteiger partial charge in [-0.1, -0.05) is 13.8 Å². The molecular formula is C14H26N2O2. The van der Waals surface area contributed by atoms with Gasteiger partial charge in [-0.05, 0) is 51.1 Å². The minimum Gasteiger partial charge on any atom is -0.480 e. The number of carbonyl (C=O) groups is 1. The monoisotopic (exact) mass is 254 g/mol. The fourth-order valence-corrected chi connectivity index (χ4v) is 2.78. The second-order valence-electron chi connectivity index (χ2n) is 5.84. The fourth-order valence-electron chi connectivity index (χ4n) is 2.78. The Hall–Kier alpha value is -0.610. The molecule has 2 fully saturated rings. The Morgan fingerprint density at radius 2 is 2.00 bits per heavy atom. The number of rotatable bonds is 9. The predicted octanol–water partition coefficient (Wildman–Crippen LogP) is 1.70. The molecule has 0 aromatic rings. The maximum atomic E-state index is 11.8. The van der Waals surface area contributed by atoms with Crippen LogP contribution in [0.4, 0.5) is 0 Å². The van der Waals surface area contributed by atoms with E-state index in [4.69, 9.17) is 0 Å². The summed E-state index contributed by atoms with van der Waals surface area (Å²) >= 11 is 0. The third-order valence-corrected chi connectivity index (χ3v) is 4.16. The summed E-state index contributed by atoms with van der Waals surface area (Å²) in [4.78, 5) is 14.1. The lowest BCUT2D eigenvalue weighted by atomic mass is 9.91. The first-order valence-corrected chi connectivity index (χ1v) is 7.35. The molecule has 0 aromatic carbocycles. The lowest BCUT2D eigenvalue weighted by Crippen LogP contribution is -2.61. The Labute approximate surface area is 110 Å². The van der Waals surface area contributed by atoms with Gasteiger partial charge in [0.05, 0.1) is 0 Å². The average Bonchev–Trinajstić information content (AvgIpc) is 3.18. The summed E-state index contributed by atoms with van der Waals surface area (Å²) in [5.41, 5.74) is -0.688. The molecule has 2 saturated carbocycles. The summed E-state index contributed by atoms with van der Waals surface area (Å²) in [6, 6.07) is 0.446. The van der Waals surface area contributed by atoms with Gasteiger partial charge >= 0.3 is 5.97 Å². The molecule has 0 bridgehead atoms. The van der Waals surface area contributed by atoms with Gasteiger partial charge in [0.2, 0.25) is 0 Å². The highest BCUT2D eigenvalue weighted by molar-refractivity contribution is 5.80. The zero-order valence-corrected chi connectivity index (χ0v) is 11.6. The molecule has 2 rings (SSSR count). The van der Waals surface area contributed by atoms with Crippen LogP contribution in [-0.4, -0.2) is 47.2 Å². The molecule has 0 aromatic heterocycles. The lowest BCUT2D eigenvalue weighted by Gasteiger charge is -2.36. The van der Waals surface area contributed by atoms with Gasteiger partial charge in [0.15, 0.2) is 0 Å². The van der Waals surface area contributed by atoms with Gasteiger partial charge in [-0.3, -0.25) is 10.1 Å². The van der Waals surface area contributed by atoms with Crippen LogP contribution in [-0.2, 0) is 4.79 Å². The standard InChI is InChI=1S/C14H26N2O2/c1-3-9-16(4-2)10-14(13(17)18,11-5-6-11)15-12-7-8-12/h11-12,15H,3-10H2,1-2H3,(H,17,18). The average molecular weight is 254 g/mol. The van der Waals surface area contributed by atoms with Crippen LogP contribution in [0.25, 0.3) is 0 Å². The van der Waals surface area contributed by atoms with Crippen LogP contribution in [0.2, 0.25) is 0 Å². The van der Waals surface area contributed by atoms with E-state index in [1.165, 1.54) is 0 Å². The van der Waals surface area contributed by atoms with E-state index in [-0.39, 0.29) is 0 Å². The second kappa shape index (κ2) is 5.57. The molecule has 18 heavy (non-hydrogen) atoms. The van der Waals surface area contributed by atoms with Crippen molar-refractivity contribution in [1.29, 1.82) is 0 Å². The molecule has 1 atom stereocenters. The number of hydrogen-bond donors (Lipinski definition) is 2. The first-order chi connectivity index (χ1) is 8.62. The molecule has 0 spiro atoms. The van der Waals surface area contributed by atoms with E-state index in [2.05, 4.69) is 24.1 Å². The number of hydrogen-bond acceptors (Lipinski definition) is 3. The van der Waals surface area contributed by atoms with Gasteiger partial charge in [0.1, 0.15) is 5.54 Å². The molecule has 2 aliphatic rings. The first-order valence-electron chi connectivity index (χ1n) is 7.35. The summed E-state index contributed by atoms with van der Waals surface area (Å²) in [5, 5.41) is 13.2. The molecule has 0 radical (unpaired) electrons. The van der Waals surface area contributed by atoms with Crippen LogP contribution in [0.1, 0.15) is 46.0 Å². The van der Waals surface area contributed by atoms with Crippen molar-refractivity contribution in [2.24, 2.45) is 5.92 Å². The summed E-state index contributed by atoms with van der Waals surface area (Å²) in [5.74, 6) is -0.312. The van der Waals surface area contributed by atoms with Crippen LogP contribution in [0.5, 0.6) is 0 Å². The number of carboxylic acid groups (broad SMARTS) is 1. The van der Waals surface area contributed by atoms with Crippen molar-refractivity contribution in [3.63, 3.8) is 0 Å². The van der Waals surface area contributed by atoms with E-state index in [1.807, 2.05) is 0 Å². The topological polar surface area (TPSA) is 52.6 Å². The lowest BCUT2D eigenvalue weighted by molar-refractivity contribution is -0.147. The van der Waals surface area contributed by atoms with Gasteiger partial charge in [0, 0.05) is 12.6 Å². The number of nitrogens with one attached hydrogen (secondary N) is 1. The molecule has 0 aliphatic heterocycles.